The van der Waals surface area contributed by atoms with Crippen LogP contribution >= 0.6 is 0 Å². The van der Waals surface area contributed by atoms with Crippen molar-refractivity contribution in [3.63, 3.8) is 0 Å². The van der Waals surface area contributed by atoms with Crippen LogP contribution in [0.25, 0.3) is 0 Å². The highest BCUT2D eigenvalue weighted by Crippen LogP contribution is 2.42. The van der Waals surface area contributed by atoms with Crippen LogP contribution in [0.2, 0.25) is 0 Å². The minimum atomic E-state index is -2.31. The van der Waals surface area contributed by atoms with E-state index in [0.717, 1.165) is 63.0 Å². The van der Waals surface area contributed by atoms with Crippen molar-refractivity contribution >= 4 is 11.9 Å². The van der Waals surface area contributed by atoms with Crippen LogP contribution in [0, 0.1) is 17.6 Å². The number of esters is 1. The quantitative estimate of drug-likeness (QED) is 0.123. The van der Waals surface area contributed by atoms with Gasteiger partial charge in [0, 0.05) is 5.92 Å². The van der Waals surface area contributed by atoms with E-state index in [9.17, 15) is 23.5 Å². The molecule has 1 N–H and O–H groups in total. The maximum atomic E-state index is 15.9. The van der Waals surface area contributed by atoms with E-state index >= 15 is 4.39 Å². The van der Waals surface area contributed by atoms with Crippen LogP contribution < -0.4 is 9.47 Å². The van der Waals surface area contributed by atoms with E-state index in [0.29, 0.717) is 19.3 Å². The summed E-state index contributed by atoms with van der Waals surface area (Å²) >= 11 is 0. The molecule has 0 bridgehead atoms. The molecular weight excluding hydrogens is 533 g/mol. The second-order valence-electron chi connectivity index (χ2n) is 11.1. The number of benzene rings is 2. The minimum absolute atomic E-state index is 0.105. The second kappa shape index (κ2) is 15.8. The van der Waals surface area contributed by atoms with E-state index in [1.807, 2.05) is 6.92 Å². The Morgan fingerprint density at radius 3 is 2.22 bits per heavy atom. The first-order valence-corrected chi connectivity index (χ1v) is 15.1. The molecule has 0 heterocycles. The Morgan fingerprint density at radius 1 is 0.927 bits per heavy atom. The van der Waals surface area contributed by atoms with Gasteiger partial charge in [-0.15, -0.1) is 0 Å². The van der Waals surface area contributed by atoms with Gasteiger partial charge in [-0.2, -0.15) is 4.39 Å². The number of alkyl halides is 1. The molecule has 1 aliphatic carbocycles. The molecule has 1 aliphatic rings. The zero-order chi connectivity index (χ0) is 29.8. The number of carbonyl (C=O) groups excluding carboxylic acids is 1. The van der Waals surface area contributed by atoms with Crippen molar-refractivity contribution < 1.29 is 37.3 Å². The van der Waals surface area contributed by atoms with Gasteiger partial charge in [0.25, 0.3) is 0 Å². The summed E-state index contributed by atoms with van der Waals surface area (Å²) in [5, 5.41) is 9.78. The van der Waals surface area contributed by atoms with Crippen LogP contribution in [0.5, 0.6) is 11.5 Å². The standard InChI is InChI=1S/C33H43F3O5/c1-3-5-6-7-8-12-21-40-28-20-19-27(29(34)30(28)35)31(37)41-26-17-15-24(16-18-26)23(4-2)22-33(36,32(38)39)25-13-10-9-11-14-25/h15-20,23,25H,3-14,21-22H2,1-2H3,(H,38,39)/t23?,33-/m0/s1. The lowest BCUT2D eigenvalue weighted by atomic mass is 9.72. The highest BCUT2D eigenvalue weighted by molar-refractivity contribution is 5.91. The first kappa shape index (κ1) is 32.5. The smallest absolute Gasteiger partial charge is 0.346 e. The lowest BCUT2D eigenvalue weighted by molar-refractivity contribution is -0.157. The second-order valence-corrected chi connectivity index (χ2v) is 11.1. The zero-order valence-corrected chi connectivity index (χ0v) is 24.2. The van der Waals surface area contributed by atoms with Gasteiger partial charge in [-0.25, -0.2) is 18.4 Å². The summed E-state index contributed by atoms with van der Waals surface area (Å²) in [6, 6.07) is 8.63. The predicted molar refractivity (Wildman–Crippen MR) is 152 cm³/mol. The minimum Gasteiger partial charge on any atom is -0.490 e. The largest absolute Gasteiger partial charge is 0.490 e. The van der Waals surface area contributed by atoms with Crippen LogP contribution in [0.3, 0.4) is 0 Å². The van der Waals surface area contributed by atoms with Gasteiger partial charge in [-0.05, 0) is 67.9 Å². The van der Waals surface area contributed by atoms with Gasteiger partial charge in [0.15, 0.2) is 11.6 Å². The number of halogens is 3. The molecule has 5 nitrogen and oxygen atoms in total. The molecule has 226 valence electrons. The Kier molecular flexibility index (Phi) is 12.5. The number of aliphatic carboxylic acids is 1. The van der Waals surface area contributed by atoms with Crippen LogP contribution in [0.1, 0.15) is 119 Å². The maximum absolute atomic E-state index is 15.9. The number of rotatable bonds is 16. The molecule has 0 aromatic heterocycles. The summed E-state index contributed by atoms with van der Waals surface area (Å²) in [7, 11) is 0. The third-order valence-electron chi connectivity index (χ3n) is 8.23. The van der Waals surface area contributed by atoms with Gasteiger partial charge < -0.3 is 14.6 Å². The van der Waals surface area contributed by atoms with E-state index in [1.165, 1.54) is 24.6 Å². The SMILES string of the molecule is CCCCCCCCOc1ccc(C(=O)Oc2ccc(C(CC)C[C@@](F)(C(=O)O)C3CCCCC3)cc2)c(F)c1F. The Balaban J connectivity index is 1.60. The van der Waals surface area contributed by atoms with Crippen molar-refractivity contribution in [2.45, 2.75) is 109 Å². The summed E-state index contributed by atoms with van der Waals surface area (Å²) in [6.07, 6.45) is 10.4. The van der Waals surface area contributed by atoms with Gasteiger partial charge in [0.1, 0.15) is 5.75 Å². The van der Waals surface area contributed by atoms with E-state index in [-0.39, 0.29) is 30.4 Å². The summed E-state index contributed by atoms with van der Waals surface area (Å²) in [5.41, 5.74) is -2.14. The van der Waals surface area contributed by atoms with Crippen molar-refractivity contribution in [1.82, 2.24) is 0 Å². The predicted octanol–water partition coefficient (Wildman–Crippen LogP) is 9.18. The van der Waals surface area contributed by atoms with Crippen molar-refractivity contribution in [1.29, 1.82) is 0 Å². The Labute approximate surface area is 241 Å². The van der Waals surface area contributed by atoms with Crippen molar-refractivity contribution in [3.05, 3.63) is 59.2 Å². The fourth-order valence-electron chi connectivity index (χ4n) is 5.68. The molecule has 1 unspecified atom stereocenters. The summed E-state index contributed by atoms with van der Waals surface area (Å²) in [6.45, 7) is 4.27. The zero-order valence-electron chi connectivity index (χ0n) is 24.2. The topological polar surface area (TPSA) is 72.8 Å². The molecule has 1 saturated carbocycles. The summed E-state index contributed by atoms with van der Waals surface area (Å²) in [5.74, 6) is -6.05. The molecule has 2 atom stereocenters. The molecule has 1 fully saturated rings. The number of unbranched alkanes of at least 4 members (excludes halogenated alkanes) is 5. The lowest BCUT2D eigenvalue weighted by Gasteiger charge is -2.35. The third-order valence-corrected chi connectivity index (χ3v) is 8.23. The Morgan fingerprint density at radius 2 is 1.59 bits per heavy atom. The fourth-order valence-corrected chi connectivity index (χ4v) is 5.68. The first-order valence-electron chi connectivity index (χ1n) is 15.1. The first-order chi connectivity index (χ1) is 19.7. The molecule has 41 heavy (non-hydrogen) atoms. The number of carbonyl (C=O) groups is 2. The van der Waals surface area contributed by atoms with E-state index in [1.54, 1.807) is 12.1 Å². The normalized spacial score (nSPS) is 16.1. The van der Waals surface area contributed by atoms with Gasteiger partial charge in [-0.3, -0.25) is 0 Å². The summed E-state index contributed by atoms with van der Waals surface area (Å²) in [4.78, 5) is 24.6. The lowest BCUT2D eigenvalue weighted by Crippen LogP contribution is -2.43. The van der Waals surface area contributed by atoms with Crippen LogP contribution in [-0.4, -0.2) is 29.3 Å². The summed E-state index contributed by atoms with van der Waals surface area (Å²) < 4.78 is 55.8. The average molecular weight is 577 g/mol. The highest BCUT2D eigenvalue weighted by Gasteiger charge is 2.48. The Bertz CT molecular complexity index is 1130. The van der Waals surface area contributed by atoms with Crippen LogP contribution in [0.4, 0.5) is 13.2 Å². The molecule has 0 spiro atoms. The van der Waals surface area contributed by atoms with Crippen LogP contribution in [-0.2, 0) is 4.79 Å². The van der Waals surface area contributed by atoms with Gasteiger partial charge in [-0.1, -0.05) is 77.3 Å². The molecule has 0 radical (unpaired) electrons. The van der Waals surface area contributed by atoms with Crippen LogP contribution in [0.15, 0.2) is 36.4 Å². The molecule has 8 heteroatoms. The average Bonchev–Trinajstić information content (AvgIpc) is 2.98. The van der Waals surface area contributed by atoms with Gasteiger partial charge in [0.05, 0.1) is 12.2 Å². The van der Waals surface area contributed by atoms with Gasteiger partial charge in [0.2, 0.25) is 11.5 Å². The molecule has 2 aromatic carbocycles. The van der Waals surface area contributed by atoms with E-state index in [4.69, 9.17) is 9.47 Å². The number of carboxylic acid groups (broad SMARTS) is 1. The molecule has 0 saturated heterocycles. The molecule has 2 aromatic rings. The number of ether oxygens (including phenoxy) is 2. The number of hydrogen-bond acceptors (Lipinski definition) is 4. The van der Waals surface area contributed by atoms with Crippen molar-refractivity contribution in [2.75, 3.05) is 6.61 Å². The van der Waals surface area contributed by atoms with Crippen molar-refractivity contribution in [3.8, 4) is 11.5 Å². The highest BCUT2D eigenvalue weighted by atomic mass is 19.2. The fraction of sp³-hybridized carbons (Fsp3) is 0.576. The van der Waals surface area contributed by atoms with Gasteiger partial charge >= 0.3 is 11.9 Å². The molecule has 3 rings (SSSR count). The monoisotopic (exact) mass is 576 g/mol. The van der Waals surface area contributed by atoms with E-state index < -0.39 is 40.7 Å². The maximum Gasteiger partial charge on any atom is 0.346 e. The van der Waals surface area contributed by atoms with E-state index in [2.05, 4.69) is 6.92 Å². The molecular formula is C33H43F3O5. The van der Waals surface area contributed by atoms with Crippen molar-refractivity contribution in [2.24, 2.45) is 5.92 Å². The number of hydrogen-bond donors (Lipinski definition) is 1. The third kappa shape index (κ3) is 8.73. The molecule has 0 aliphatic heterocycles. The molecule has 0 amide bonds. The Hall–Kier alpha value is -3.03. The number of carboxylic acids is 1.